The largest absolute Gasteiger partial charge is 0.497 e. The van der Waals surface area contributed by atoms with E-state index >= 15 is 0 Å². The number of hydrogen-bond acceptors (Lipinski definition) is 8. The SMILES string of the molecule is COc1cccc(N(C(=O)Cn2nnc3ccccc32)C(C(=O)NCC2CCCO2)c2ccc(N3CCOCC3)cc2)c1. The van der Waals surface area contributed by atoms with E-state index in [1.165, 1.54) is 4.90 Å². The number of ether oxygens (including phenoxy) is 3. The lowest BCUT2D eigenvalue weighted by atomic mass is 10.0. The molecule has 1 aromatic heterocycles. The zero-order chi connectivity index (χ0) is 29.6. The number of nitrogens with one attached hydrogen (secondary N) is 1. The molecule has 3 aromatic carbocycles. The molecule has 6 rings (SSSR count). The molecule has 1 N–H and O–H groups in total. The predicted molar refractivity (Wildman–Crippen MR) is 162 cm³/mol. The van der Waals surface area contributed by atoms with Crippen LogP contribution in [0.15, 0.2) is 72.8 Å². The molecule has 2 amide bonds. The molecular formula is C32H36N6O5. The smallest absolute Gasteiger partial charge is 0.249 e. The number of methoxy groups -OCH3 is 1. The van der Waals surface area contributed by atoms with Gasteiger partial charge in [-0.05, 0) is 54.8 Å². The standard InChI is InChI=1S/C32H36N6O5/c1-41-26-7-4-6-25(20-26)38(30(39)22-37-29-10-3-2-9-28(29)34-35-37)31(32(40)33-21-27-8-5-17-43-27)23-11-13-24(14-12-23)36-15-18-42-19-16-36/h2-4,6-7,9-14,20,27,31H,5,8,15-19,21-22H2,1H3,(H,33,40). The quantitative estimate of drug-likeness (QED) is 0.302. The monoisotopic (exact) mass is 584 g/mol. The molecule has 0 aliphatic carbocycles. The minimum Gasteiger partial charge on any atom is -0.497 e. The number of fused-ring (bicyclic) bond motifs is 1. The van der Waals surface area contributed by atoms with Gasteiger partial charge in [0.1, 0.15) is 23.9 Å². The fourth-order valence-corrected chi connectivity index (χ4v) is 5.66. The minimum atomic E-state index is -0.963. The fourth-order valence-electron chi connectivity index (χ4n) is 5.66. The normalized spacial score (nSPS) is 17.5. The van der Waals surface area contributed by atoms with E-state index < -0.39 is 6.04 Å². The predicted octanol–water partition coefficient (Wildman–Crippen LogP) is 3.35. The Morgan fingerprint density at radius 3 is 2.63 bits per heavy atom. The summed E-state index contributed by atoms with van der Waals surface area (Å²) in [6, 6.07) is 21.5. The summed E-state index contributed by atoms with van der Waals surface area (Å²) < 4.78 is 18.3. The molecule has 224 valence electrons. The average Bonchev–Trinajstić information content (AvgIpc) is 3.73. The van der Waals surface area contributed by atoms with E-state index in [4.69, 9.17) is 14.2 Å². The van der Waals surface area contributed by atoms with Crippen LogP contribution in [-0.2, 0) is 25.6 Å². The molecule has 0 spiro atoms. The van der Waals surface area contributed by atoms with Crippen LogP contribution in [0.5, 0.6) is 5.75 Å². The molecule has 0 bridgehead atoms. The molecule has 4 aromatic rings. The molecule has 11 nitrogen and oxygen atoms in total. The first kappa shape index (κ1) is 28.6. The van der Waals surface area contributed by atoms with Crippen LogP contribution in [0.1, 0.15) is 24.4 Å². The highest BCUT2D eigenvalue weighted by Gasteiger charge is 2.34. The summed E-state index contributed by atoms with van der Waals surface area (Å²) in [6.45, 7) is 3.88. The van der Waals surface area contributed by atoms with Gasteiger partial charge in [-0.2, -0.15) is 0 Å². The lowest BCUT2D eigenvalue weighted by molar-refractivity contribution is -0.127. The van der Waals surface area contributed by atoms with Crippen molar-refractivity contribution in [2.45, 2.75) is 31.5 Å². The molecule has 11 heteroatoms. The number of morpholine rings is 1. The third-order valence-corrected chi connectivity index (χ3v) is 7.93. The first-order valence-corrected chi connectivity index (χ1v) is 14.7. The summed E-state index contributed by atoms with van der Waals surface area (Å²) in [4.78, 5) is 32.2. The Morgan fingerprint density at radius 1 is 1.05 bits per heavy atom. The molecular weight excluding hydrogens is 548 g/mol. The number of nitrogens with zero attached hydrogens (tertiary/aromatic N) is 5. The van der Waals surface area contributed by atoms with Crippen LogP contribution in [0.4, 0.5) is 11.4 Å². The van der Waals surface area contributed by atoms with Crippen LogP contribution in [0.25, 0.3) is 11.0 Å². The van der Waals surface area contributed by atoms with Crippen molar-refractivity contribution >= 4 is 34.2 Å². The maximum Gasteiger partial charge on any atom is 0.249 e. The zero-order valence-electron chi connectivity index (χ0n) is 24.2. The lowest BCUT2D eigenvalue weighted by Gasteiger charge is -2.33. The van der Waals surface area contributed by atoms with Crippen molar-refractivity contribution in [3.63, 3.8) is 0 Å². The number of anilines is 2. The summed E-state index contributed by atoms with van der Waals surface area (Å²) in [7, 11) is 1.57. The topological polar surface area (TPSA) is 111 Å². The first-order valence-electron chi connectivity index (χ1n) is 14.7. The van der Waals surface area contributed by atoms with Crippen LogP contribution < -0.4 is 19.9 Å². The maximum absolute atomic E-state index is 14.3. The molecule has 2 saturated heterocycles. The molecule has 2 atom stereocenters. The molecule has 2 unspecified atom stereocenters. The Balaban J connectivity index is 1.38. The second-order valence-corrected chi connectivity index (χ2v) is 10.7. The Labute approximate surface area is 250 Å². The number of benzene rings is 3. The van der Waals surface area contributed by atoms with Gasteiger partial charge in [0.05, 0.1) is 31.9 Å². The Morgan fingerprint density at radius 2 is 1.86 bits per heavy atom. The van der Waals surface area contributed by atoms with Crippen molar-refractivity contribution in [1.82, 2.24) is 20.3 Å². The summed E-state index contributed by atoms with van der Waals surface area (Å²) in [5.74, 6) is -0.0460. The van der Waals surface area contributed by atoms with E-state index in [9.17, 15) is 9.59 Å². The molecule has 2 aliphatic heterocycles. The van der Waals surface area contributed by atoms with Gasteiger partial charge in [-0.25, -0.2) is 4.68 Å². The lowest BCUT2D eigenvalue weighted by Crippen LogP contribution is -2.46. The summed E-state index contributed by atoms with van der Waals surface area (Å²) in [5.41, 5.74) is 3.67. The molecule has 2 fully saturated rings. The molecule has 2 aliphatic rings. The highest BCUT2D eigenvalue weighted by Crippen LogP contribution is 2.32. The van der Waals surface area contributed by atoms with Crippen molar-refractivity contribution in [3.05, 3.63) is 78.4 Å². The number of carbonyl (C=O) groups excluding carboxylic acids is 2. The van der Waals surface area contributed by atoms with Gasteiger partial charge in [0.2, 0.25) is 11.8 Å². The van der Waals surface area contributed by atoms with Crippen LogP contribution in [0, 0.1) is 0 Å². The minimum absolute atomic E-state index is 0.0456. The van der Waals surface area contributed by atoms with Gasteiger partial charge >= 0.3 is 0 Å². The number of rotatable bonds is 10. The van der Waals surface area contributed by atoms with E-state index in [-0.39, 0.29) is 24.5 Å². The second kappa shape index (κ2) is 13.2. The van der Waals surface area contributed by atoms with Crippen LogP contribution in [-0.4, -0.2) is 79.5 Å². The van der Waals surface area contributed by atoms with Gasteiger partial charge in [0.15, 0.2) is 0 Å². The maximum atomic E-state index is 14.3. The van der Waals surface area contributed by atoms with E-state index in [2.05, 4.69) is 20.5 Å². The Hall–Kier alpha value is -4.48. The van der Waals surface area contributed by atoms with Crippen molar-refractivity contribution in [3.8, 4) is 5.75 Å². The van der Waals surface area contributed by atoms with E-state index in [1.807, 2.05) is 60.7 Å². The average molecular weight is 585 g/mol. The highest BCUT2D eigenvalue weighted by molar-refractivity contribution is 6.01. The van der Waals surface area contributed by atoms with E-state index in [0.29, 0.717) is 48.9 Å². The first-order chi connectivity index (χ1) is 21.1. The highest BCUT2D eigenvalue weighted by atomic mass is 16.5. The van der Waals surface area contributed by atoms with Crippen LogP contribution >= 0.6 is 0 Å². The number of aromatic nitrogens is 3. The zero-order valence-corrected chi connectivity index (χ0v) is 24.2. The van der Waals surface area contributed by atoms with Crippen LogP contribution in [0.3, 0.4) is 0 Å². The van der Waals surface area contributed by atoms with E-state index in [0.717, 1.165) is 37.1 Å². The van der Waals surface area contributed by atoms with Gasteiger partial charge in [0.25, 0.3) is 0 Å². The summed E-state index contributed by atoms with van der Waals surface area (Å²) >= 11 is 0. The van der Waals surface area contributed by atoms with E-state index in [1.54, 1.807) is 23.9 Å². The summed E-state index contributed by atoms with van der Waals surface area (Å²) in [5, 5.41) is 11.5. The third-order valence-electron chi connectivity index (χ3n) is 7.93. The second-order valence-electron chi connectivity index (χ2n) is 10.7. The molecule has 0 saturated carbocycles. The van der Waals surface area contributed by atoms with Crippen molar-refractivity contribution in [1.29, 1.82) is 0 Å². The van der Waals surface area contributed by atoms with Crippen LogP contribution in [0.2, 0.25) is 0 Å². The number of hydrogen-bond donors (Lipinski definition) is 1. The molecule has 0 radical (unpaired) electrons. The van der Waals surface area contributed by atoms with Gasteiger partial charge < -0.3 is 24.4 Å². The number of carbonyl (C=O) groups is 2. The number of para-hydroxylation sites is 1. The van der Waals surface area contributed by atoms with Gasteiger partial charge in [-0.15, -0.1) is 5.10 Å². The number of amides is 2. The van der Waals surface area contributed by atoms with Crippen molar-refractivity contribution < 1.29 is 23.8 Å². The van der Waals surface area contributed by atoms with Gasteiger partial charge in [-0.1, -0.05) is 35.5 Å². The fraction of sp³-hybridized carbons (Fsp3) is 0.375. The molecule has 43 heavy (non-hydrogen) atoms. The van der Waals surface area contributed by atoms with Gasteiger partial charge in [0, 0.05) is 43.7 Å². The van der Waals surface area contributed by atoms with Crippen molar-refractivity contribution in [2.24, 2.45) is 0 Å². The van der Waals surface area contributed by atoms with Crippen molar-refractivity contribution in [2.75, 3.05) is 56.4 Å². The molecule has 3 heterocycles. The summed E-state index contributed by atoms with van der Waals surface area (Å²) in [6.07, 6.45) is 1.81. The Bertz CT molecular complexity index is 1550. The Kier molecular flexibility index (Phi) is 8.80. The van der Waals surface area contributed by atoms with Gasteiger partial charge in [-0.3, -0.25) is 14.5 Å². The third kappa shape index (κ3) is 6.47.